The summed E-state index contributed by atoms with van der Waals surface area (Å²) in [6.07, 6.45) is 3.43. The van der Waals surface area contributed by atoms with E-state index in [9.17, 15) is 9.59 Å². The van der Waals surface area contributed by atoms with Gasteiger partial charge in [0.25, 0.3) is 5.91 Å². The van der Waals surface area contributed by atoms with Gasteiger partial charge in [-0.3, -0.25) is 9.59 Å². The topological polar surface area (TPSA) is 88.6 Å². The molecule has 0 bridgehead atoms. The third-order valence-corrected chi connectivity index (χ3v) is 3.97. The first-order valence-corrected chi connectivity index (χ1v) is 8.58. The van der Waals surface area contributed by atoms with Gasteiger partial charge in [0.05, 0.1) is 19.4 Å². The van der Waals surface area contributed by atoms with E-state index in [-0.39, 0.29) is 30.0 Å². The van der Waals surface area contributed by atoms with E-state index in [4.69, 9.17) is 8.94 Å². The molecule has 0 aliphatic heterocycles. The van der Waals surface area contributed by atoms with E-state index in [1.54, 1.807) is 23.3 Å². The standard InChI is InChI=1S/C18H23N3O4/c1-12(2)9-19-17(22)16-8-15(25-20-16)11-21(18(23)13-5-6-13)10-14-4-3-7-24-14/h3-4,7-8,12-13H,5-6,9-11H2,1-2H3,(H,19,22). The van der Waals surface area contributed by atoms with Crippen molar-refractivity contribution in [3.63, 3.8) is 0 Å². The average Bonchev–Trinajstić information content (AvgIpc) is 3.11. The number of nitrogens with zero attached hydrogens (tertiary/aromatic N) is 2. The quantitative estimate of drug-likeness (QED) is 0.794. The van der Waals surface area contributed by atoms with E-state index >= 15 is 0 Å². The Morgan fingerprint density at radius 2 is 2.08 bits per heavy atom. The summed E-state index contributed by atoms with van der Waals surface area (Å²) < 4.78 is 10.6. The third-order valence-electron chi connectivity index (χ3n) is 3.97. The van der Waals surface area contributed by atoms with Crippen molar-refractivity contribution >= 4 is 11.8 Å². The van der Waals surface area contributed by atoms with E-state index in [0.717, 1.165) is 12.8 Å². The van der Waals surface area contributed by atoms with Gasteiger partial charge in [0.1, 0.15) is 5.76 Å². The van der Waals surface area contributed by atoms with Gasteiger partial charge in [-0.05, 0) is 30.9 Å². The number of carbonyl (C=O) groups is 2. The molecule has 1 aliphatic rings. The second-order valence-electron chi connectivity index (χ2n) is 6.83. The number of furan rings is 1. The summed E-state index contributed by atoms with van der Waals surface area (Å²) in [5.74, 6) is 1.45. The van der Waals surface area contributed by atoms with Crippen molar-refractivity contribution in [2.75, 3.05) is 6.54 Å². The molecule has 1 N–H and O–H groups in total. The SMILES string of the molecule is CC(C)CNC(=O)c1cc(CN(Cc2ccco2)C(=O)C2CC2)on1. The first kappa shape index (κ1) is 17.3. The fourth-order valence-corrected chi connectivity index (χ4v) is 2.46. The molecule has 2 aromatic rings. The van der Waals surface area contributed by atoms with Crippen LogP contribution in [-0.2, 0) is 17.9 Å². The molecule has 1 saturated carbocycles. The first-order chi connectivity index (χ1) is 12.0. The van der Waals surface area contributed by atoms with Crippen molar-refractivity contribution in [3.8, 4) is 0 Å². The maximum atomic E-state index is 12.5. The Balaban J connectivity index is 1.65. The lowest BCUT2D eigenvalue weighted by Gasteiger charge is -2.20. The molecule has 25 heavy (non-hydrogen) atoms. The monoisotopic (exact) mass is 345 g/mol. The molecular weight excluding hydrogens is 322 g/mol. The van der Waals surface area contributed by atoms with Crippen LogP contribution in [0.5, 0.6) is 0 Å². The fraction of sp³-hybridized carbons (Fsp3) is 0.500. The van der Waals surface area contributed by atoms with E-state index in [2.05, 4.69) is 10.5 Å². The number of carbonyl (C=O) groups excluding carboxylic acids is 2. The van der Waals surface area contributed by atoms with Crippen LogP contribution in [0, 0.1) is 11.8 Å². The van der Waals surface area contributed by atoms with E-state index in [0.29, 0.717) is 30.5 Å². The molecule has 0 radical (unpaired) electrons. The number of rotatable bonds is 8. The maximum absolute atomic E-state index is 12.5. The molecule has 1 fully saturated rings. The summed E-state index contributed by atoms with van der Waals surface area (Å²) in [7, 11) is 0. The minimum atomic E-state index is -0.269. The van der Waals surface area contributed by atoms with Crippen molar-refractivity contribution in [1.82, 2.24) is 15.4 Å². The van der Waals surface area contributed by atoms with Gasteiger partial charge in [-0.1, -0.05) is 19.0 Å². The molecular formula is C18H23N3O4. The molecule has 0 spiro atoms. The van der Waals surface area contributed by atoms with Gasteiger partial charge in [0, 0.05) is 18.5 Å². The van der Waals surface area contributed by atoms with Crippen LogP contribution in [0.2, 0.25) is 0 Å². The van der Waals surface area contributed by atoms with Crippen LogP contribution in [0.15, 0.2) is 33.4 Å². The van der Waals surface area contributed by atoms with Gasteiger partial charge in [-0.2, -0.15) is 0 Å². The summed E-state index contributed by atoms with van der Waals surface area (Å²) in [5.41, 5.74) is 0.229. The highest BCUT2D eigenvalue weighted by atomic mass is 16.5. The molecule has 3 rings (SSSR count). The summed E-state index contributed by atoms with van der Waals surface area (Å²) in [6.45, 7) is 5.25. The van der Waals surface area contributed by atoms with Crippen LogP contribution in [-0.4, -0.2) is 28.4 Å². The van der Waals surface area contributed by atoms with E-state index < -0.39 is 0 Å². The predicted molar refractivity (Wildman–Crippen MR) is 89.4 cm³/mol. The number of aromatic nitrogens is 1. The smallest absolute Gasteiger partial charge is 0.273 e. The highest BCUT2D eigenvalue weighted by Crippen LogP contribution is 2.32. The van der Waals surface area contributed by atoms with Gasteiger partial charge in [-0.25, -0.2) is 0 Å². The molecule has 7 nitrogen and oxygen atoms in total. The summed E-state index contributed by atoms with van der Waals surface area (Å²) in [5, 5.41) is 6.61. The van der Waals surface area contributed by atoms with Crippen LogP contribution in [0.3, 0.4) is 0 Å². The van der Waals surface area contributed by atoms with Gasteiger partial charge >= 0.3 is 0 Å². The van der Waals surface area contributed by atoms with Crippen LogP contribution >= 0.6 is 0 Å². The minimum absolute atomic E-state index is 0.0820. The number of hydrogen-bond acceptors (Lipinski definition) is 5. The highest BCUT2D eigenvalue weighted by Gasteiger charge is 2.34. The molecule has 134 valence electrons. The van der Waals surface area contributed by atoms with Crippen LogP contribution in [0.1, 0.15) is 48.7 Å². The Labute approximate surface area is 146 Å². The van der Waals surface area contributed by atoms with Gasteiger partial charge in [-0.15, -0.1) is 0 Å². The van der Waals surface area contributed by atoms with Crippen molar-refractivity contribution in [1.29, 1.82) is 0 Å². The Hall–Kier alpha value is -2.57. The molecule has 1 aliphatic carbocycles. The van der Waals surface area contributed by atoms with Gasteiger partial charge in [0.15, 0.2) is 11.5 Å². The summed E-state index contributed by atoms with van der Waals surface area (Å²) in [6, 6.07) is 5.21. The Morgan fingerprint density at radius 3 is 2.72 bits per heavy atom. The lowest BCUT2D eigenvalue weighted by atomic mass is 10.2. The Morgan fingerprint density at radius 1 is 1.32 bits per heavy atom. The Kier molecular flexibility index (Phi) is 5.21. The van der Waals surface area contributed by atoms with Crippen molar-refractivity contribution in [2.45, 2.75) is 39.8 Å². The largest absolute Gasteiger partial charge is 0.467 e. The highest BCUT2D eigenvalue weighted by molar-refractivity contribution is 5.92. The number of amides is 2. The van der Waals surface area contributed by atoms with Crippen LogP contribution in [0.4, 0.5) is 0 Å². The zero-order chi connectivity index (χ0) is 17.8. The predicted octanol–water partition coefficient (Wildman–Crippen LogP) is 2.59. The van der Waals surface area contributed by atoms with E-state index in [1.165, 1.54) is 0 Å². The maximum Gasteiger partial charge on any atom is 0.273 e. The molecule has 2 amide bonds. The van der Waals surface area contributed by atoms with Crippen molar-refractivity contribution in [2.24, 2.45) is 11.8 Å². The van der Waals surface area contributed by atoms with Crippen LogP contribution in [0.25, 0.3) is 0 Å². The zero-order valence-electron chi connectivity index (χ0n) is 14.5. The van der Waals surface area contributed by atoms with E-state index in [1.807, 2.05) is 19.9 Å². The lowest BCUT2D eigenvalue weighted by molar-refractivity contribution is -0.134. The Bertz CT molecular complexity index is 717. The molecule has 0 atom stereocenters. The zero-order valence-corrected chi connectivity index (χ0v) is 14.5. The summed E-state index contributed by atoms with van der Waals surface area (Å²) in [4.78, 5) is 26.2. The van der Waals surface area contributed by atoms with Crippen molar-refractivity contribution in [3.05, 3.63) is 41.7 Å². The third kappa shape index (κ3) is 4.71. The first-order valence-electron chi connectivity index (χ1n) is 8.58. The molecule has 2 aromatic heterocycles. The van der Waals surface area contributed by atoms with Gasteiger partial charge < -0.3 is 19.2 Å². The molecule has 7 heteroatoms. The average molecular weight is 345 g/mol. The van der Waals surface area contributed by atoms with Crippen LogP contribution < -0.4 is 5.32 Å². The fourth-order valence-electron chi connectivity index (χ4n) is 2.46. The number of nitrogens with one attached hydrogen (secondary N) is 1. The molecule has 0 saturated heterocycles. The molecule has 0 unspecified atom stereocenters. The molecule has 2 heterocycles. The normalized spacial score (nSPS) is 13.9. The van der Waals surface area contributed by atoms with Crippen molar-refractivity contribution < 1.29 is 18.5 Å². The lowest BCUT2D eigenvalue weighted by Crippen LogP contribution is -2.31. The minimum Gasteiger partial charge on any atom is -0.467 e. The second kappa shape index (κ2) is 7.55. The molecule has 0 aromatic carbocycles. The summed E-state index contributed by atoms with van der Waals surface area (Å²) >= 11 is 0. The van der Waals surface area contributed by atoms with Gasteiger partial charge in [0.2, 0.25) is 5.91 Å². The second-order valence-corrected chi connectivity index (χ2v) is 6.83. The number of hydrogen-bond donors (Lipinski definition) is 1.